The minimum absolute atomic E-state index is 0.168. The fourth-order valence-corrected chi connectivity index (χ4v) is 3.90. The van der Waals surface area contributed by atoms with Crippen LogP contribution in [0.5, 0.6) is 0 Å². The molecule has 0 saturated carbocycles. The minimum Gasteiger partial charge on any atom is -0.352 e. The Morgan fingerprint density at radius 2 is 2.32 bits per heavy atom. The van der Waals surface area contributed by atoms with Crippen molar-refractivity contribution in [1.82, 2.24) is 15.6 Å². The normalized spacial score (nSPS) is 21.9. The largest absolute Gasteiger partial charge is 0.352 e. The summed E-state index contributed by atoms with van der Waals surface area (Å²) in [5.41, 5.74) is 1.06. The number of nitrogens with one attached hydrogen (secondary N) is 2. The second-order valence-corrected chi connectivity index (χ2v) is 7.19. The number of rotatable bonds is 5. The Balaban J connectivity index is 1.45. The number of fused-ring (bicyclic) bond motifs is 1. The van der Waals surface area contributed by atoms with Gasteiger partial charge in [0.1, 0.15) is 0 Å². The van der Waals surface area contributed by atoms with E-state index >= 15 is 0 Å². The zero-order valence-electron chi connectivity index (χ0n) is 13.0. The molecule has 2 N–H and O–H groups in total. The molecule has 1 fully saturated rings. The summed E-state index contributed by atoms with van der Waals surface area (Å²) >= 11 is 1.73. The molecule has 0 radical (unpaired) electrons. The smallest absolute Gasteiger partial charge is 0.220 e. The first kappa shape index (κ1) is 15.4. The van der Waals surface area contributed by atoms with Crippen molar-refractivity contribution in [3.8, 4) is 0 Å². The van der Waals surface area contributed by atoms with Crippen molar-refractivity contribution in [3.63, 3.8) is 0 Å². The molecule has 2 heterocycles. The van der Waals surface area contributed by atoms with Gasteiger partial charge in [-0.05, 0) is 43.9 Å². The molecule has 2 aromatic rings. The molecule has 1 aliphatic rings. The van der Waals surface area contributed by atoms with Crippen LogP contribution in [-0.2, 0) is 11.2 Å². The number of carbonyl (C=O) groups is 1. The molecule has 1 aromatic heterocycles. The van der Waals surface area contributed by atoms with Gasteiger partial charge in [0.2, 0.25) is 5.91 Å². The van der Waals surface area contributed by atoms with Crippen molar-refractivity contribution in [1.29, 1.82) is 0 Å². The van der Waals surface area contributed by atoms with Gasteiger partial charge in [0.25, 0.3) is 0 Å². The predicted octanol–water partition coefficient (Wildman–Crippen LogP) is 2.73. The summed E-state index contributed by atoms with van der Waals surface area (Å²) < 4.78 is 1.23. The molecule has 22 heavy (non-hydrogen) atoms. The van der Waals surface area contributed by atoms with Crippen molar-refractivity contribution < 1.29 is 4.79 Å². The Morgan fingerprint density at radius 3 is 3.14 bits per heavy atom. The van der Waals surface area contributed by atoms with Crippen LogP contribution in [0.3, 0.4) is 0 Å². The number of aryl methyl sites for hydroxylation is 1. The van der Waals surface area contributed by atoms with Crippen molar-refractivity contribution >= 4 is 27.5 Å². The number of hydrogen-bond acceptors (Lipinski definition) is 4. The summed E-state index contributed by atoms with van der Waals surface area (Å²) in [6, 6.07) is 8.47. The lowest BCUT2D eigenvalue weighted by molar-refractivity contribution is -0.122. The van der Waals surface area contributed by atoms with Gasteiger partial charge in [-0.1, -0.05) is 19.1 Å². The number of benzene rings is 1. The molecule has 4 nitrogen and oxygen atoms in total. The molecular weight excluding hydrogens is 294 g/mol. The van der Waals surface area contributed by atoms with Gasteiger partial charge in [0, 0.05) is 19.0 Å². The van der Waals surface area contributed by atoms with Gasteiger partial charge in [-0.2, -0.15) is 0 Å². The molecule has 1 aromatic carbocycles. The van der Waals surface area contributed by atoms with E-state index in [1.165, 1.54) is 4.70 Å². The van der Waals surface area contributed by atoms with Crippen molar-refractivity contribution in [2.75, 3.05) is 13.1 Å². The van der Waals surface area contributed by atoms with E-state index in [0.717, 1.165) is 42.9 Å². The third-order valence-corrected chi connectivity index (χ3v) is 5.40. The molecule has 0 spiro atoms. The highest BCUT2D eigenvalue weighted by molar-refractivity contribution is 7.18. The number of carbonyl (C=O) groups excluding carboxylic acids is 1. The molecule has 0 aliphatic carbocycles. The zero-order valence-corrected chi connectivity index (χ0v) is 13.8. The van der Waals surface area contributed by atoms with Crippen LogP contribution < -0.4 is 10.6 Å². The number of nitrogens with zero attached hydrogens (tertiary/aromatic N) is 1. The van der Waals surface area contributed by atoms with Crippen LogP contribution in [0.15, 0.2) is 24.3 Å². The maximum atomic E-state index is 12.1. The number of hydrogen-bond donors (Lipinski definition) is 2. The summed E-state index contributed by atoms with van der Waals surface area (Å²) in [7, 11) is 0. The molecule has 1 aliphatic heterocycles. The summed E-state index contributed by atoms with van der Waals surface area (Å²) in [6.45, 7) is 4.17. The monoisotopic (exact) mass is 317 g/mol. The Labute approximate surface area is 135 Å². The van der Waals surface area contributed by atoms with E-state index in [-0.39, 0.29) is 11.9 Å². The second kappa shape index (κ2) is 7.20. The molecule has 2 unspecified atom stereocenters. The fraction of sp³-hybridized carbons (Fsp3) is 0.529. The molecule has 2 atom stereocenters. The van der Waals surface area contributed by atoms with Gasteiger partial charge in [-0.15, -0.1) is 11.3 Å². The standard InChI is InChI=1S/C17H23N3OS/c1-12-9-10-18-11-14(12)19-16(21)7-4-8-17-20-13-5-2-3-6-15(13)22-17/h2-3,5-6,12,14,18H,4,7-11H2,1H3,(H,19,21). The Kier molecular flexibility index (Phi) is 5.05. The predicted molar refractivity (Wildman–Crippen MR) is 91.1 cm³/mol. The summed E-state index contributed by atoms with van der Waals surface area (Å²) in [6.07, 6.45) is 3.46. The zero-order chi connectivity index (χ0) is 15.4. The lowest BCUT2D eigenvalue weighted by Gasteiger charge is -2.30. The highest BCUT2D eigenvalue weighted by atomic mass is 32.1. The van der Waals surface area contributed by atoms with Crippen LogP contribution in [0, 0.1) is 5.92 Å². The lowest BCUT2D eigenvalue weighted by atomic mass is 9.94. The number of piperidine rings is 1. The molecule has 1 amide bonds. The minimum atomic E-state index is 0.168. The Bertz CT molecular complexity index is 607. The maximum Gasteiger partial charge on any atom is 0.220 e. The van der Waals surface area contributed by atoms with Gasteiger partial charge in [0.15, 0.2) is 0 Å². The number of thiazole rings is 1. The third-order valence-electron chi connectivity index (χ3n) is 4.31. The number of amides is 1. The molecule has 1 saturated heterocycles. The summed E-state index contributed by atoms with van der Waals surface area (Å²) in [5, 5.41) is 7.63. The Morgan fingerprint density at radius 1 is 1.45 bits per heavy atom. The van der Waals surface area contributed by atoms with Crippen LogP contribution in [-0.4, -0.2) is 30.0 Å². The summed E-state index contributed by atoms with van der Waals surface area (Å²) in [5.74, 6) is 0.733. The first-order valence-corrected chi connectivity index (χ1v) is 8.88. The SMILES string of the molecule is CC1CCNCC1NC(=O)CCCc1nc2ccccc2s1. The number of aromatic nitrogens is 1. The third kappa shape index (κ3) is 3.84. The Hall–Kier alpha value is -1.46. The van der Waals surface area contributed by atoms with E-state index < -0.39 is 0 Å². The van der Waals surface area contributed by atoms with Crippen LogP contribution in [0.4, 0.5) is 0 Å². The van der Waals surface area contributed by atoms with E-state index in [9.17, 15) is 4.79 Å². The van der Waals surface area contributed by atoms with Crippen molar-refractivity contribution in [2.24, 2.45) is 5.92 Å². The van der Waals surface area contributed by atoms with Crippen LogP contribution in [0.25, 0.3) is 10.2 Å². The average molecular weight is 317 g/mol. The fourth-order valence-electron chi connectivity index (χ4n) is 2.89. The first-order valence-electron chi connectivity index (χ1n) is 8.07. The summed E-state index contributed by atoms with van der Waals surface area (Å²) in [4.78, 5) is 16.7. The molecule has 0 bridgehead atoms. The van der Waals surface area contributed by atoms with Gasteiger partial charge in [0.05, 0.1) is 15.2 Å². The topological polar surface area (TPSA) is 54.0 Å². The van der Waals surface area contributed by atoms with Gasteiger partial charge < -0.3 is 10.6 Å². The van der Waals surface area contributed by atoms with E-state index in [2.05, 4.69) is 28.6 Å². The van der Waals surface area contributed by atoms with Crippen LogP contribution >= 0.6 is 11.3 Å². The van der Waals surface area contributed by atoms with E-state index in [1.54, 1.807) is 11.3 Å². The van der Waals surface area contributed by atoms with Gasteiger partial charge in [-0.3, -0.25) is 4.79 Å². The molecule has 5 heteroatoms. The molecule has 3 rings (SSSR count). The maximum absolute atomic E-state index is 12.1. The average Bonchev–Trinajstić information content (AvgIpc) is 2.92. The molecular formula is C17H23N3OS. The quantitative estimate of drug-likeness (QED) is 0.891. The first-order chi connectivity index (χ1) is 10.7. The van der Waals surface area contributed by atoms with Gasteiger partial charge >= 0.3 is 0 Å². The van der Waals surface area contributed by atoms with Gasteiger partial charge in [-0.25, -0.2) is 4.98 Å². The van der Waals surface area contributed by atoms with E-state index in [0.29, 0.717) is 12.3 Å². The lowest BCUT2D eigenvalue weighted by Crippen LogP contribution is -2.50. The second-order valence-electron chi connectivity index (χ2n) is 6.07. The highest BCUT2D eigenvalue weighted by Crippen LogP contribution is 2.22. The highest BCUT2D eigenvalue weighted by Gasteiger charge is 2.22. The molecule has 118 valence electrons. The van der Waals surface area contributed by atoms with Crippen LogP contribution in [0.2, 0.25) is 0 Å². The van der Waals surface area contributed by atoms with Crippen molar-refractivity contribution in [3.05, 3.63) is 29.3 Å². The number of para-hydroxylation sites is 1. The van der Waals surface area contributed by atoms with E-state index in [4.69, 9.17) is 0 Å². The van der Waals surface area contributed by atoms with Crippen molar-refractivity contribution in [2.45, 2.75) is 38.6 Å². The van der Waals surface area contributed by atoms with E-state index in [1.807, 2.05) is 18.2 Å². The van der Waals surface area contributed by atoms with Crippen LogP contribution in [0.1, 0.15) is 31.2 Å².